The van der Waals surface area contributed by atoms with Crippen molar-refractivity contribution in [2.45, 2.75) is 39.1 Å². The number of fused-ring (bicyclic) bond motifs is 2. The van der Waals surface area contributed by atoms with E-state index in [1.54, 1.807) is 36.7 Å². The first-order valence-electron chi connectivity index (χ1n) is 27.7. The van der Waals surface area contributed by atoms with Gasteiger partial charge in [-0.05, 0) is 83.9 Å². The fourth-order valence-electron chi connectivity index (χ4n) is 9.96. The normalized spacial score (nSPS) is 11.3. The van der Waals surface area contributed by atoms with E-state index < -0.39 is 69.6 Å². The van der Waals surface area contributed by atoms with Crippen LogP contribution in [0.5, 0.6) is 11.8 Å². The molecule has 468 valence electrons. The number of carboxylic acids is 2. The molecule has 6 aromatic heterocycles. The average molecular weight is 1270 g/mol. The standard InChI is InChI=1S/2C32H24F4N6O4/c2*1-45-12-11-41-28(38-27-8-7-21(32(43)44)30(36)31(27)41)14-19-13-25(35)22(16-24(19)34)26-3-2-4-29(39-26)46-17-18-5-6-20(15-23(18)33)42-10-9-37-40-42/h2*2-10,13,15-16H,11-12,14,17H2,1H3,(H,43,44). The lowest BCUT2D eigenvalue weighted by Crippen LogP contribution is -2.11. The highest BCUT2D eigenvalue weighted by molar-refractivity contribution is 5.94. The predicted octanol–water partition coefficient (Wildman–Crippen LogP) is 11.5. The maximum atomic E-state index is 15.4. The number of benzene rings is 6. The zero-order chi connectivity index (χ0) is 64.7. The Bertz CT molecular complexity index is 4430. The van der Waals surface area contributed by atoms with Gasteiger partial charge in [-0.2, -0.15) is 0 Å². The van der Waals surface area contributed by atoms with Crippen LogP contribution in [0.1, 0.15) is 54.6 Å². The topological polar surface area (TPSA) is 234 Å². The van der Waals surface area contributed by atoms with Crippen LogP contribution in [0.25, 0.3) is 56.0 Å². The van der Waals surface area contributed by atoms with Crippen LogP contribution in [0.4, 0.5) is 35.1 Å². The maximum absolute atomic E-state index is 15.4. The largest absolute Gasteiger partial charge is 0.478 e. The molecule has 0 unspecified atom stereocenters. The molecule has 12 aromatic rings. The number of nitrogens with zero attached hydrogens (tertiary/aromatic N) is 12. The van der Waals surface area contributed by atoms with E-state index in [2.05, 4.69) is 40.6 Å². The third-order valence-corrected chi connectivity index (χ3v) is 14.5. The van der Waals surface area contributed by atoms with Crippen LogP contribution < -0.4 is 9.47 Å². The summed E-state index contributed by atoms with van der Waals surface area (Å²) in [6.45, 7) is 0.114. The SMILES string of the molecule is COCCn1c(Cc2cc(F)c(-c3cccc(OCc4ccc(-n5ccnn5)cc4F)n3)cc2F)nc2ccc(C(=O)O)c(F)c21.COCCn1c(Cc2cc(F)c(-c3cccc(OCc4ccc(-n5ccnn5)cc4F)n3)cc2F)nc2ccc(C(=O)O)c(F)c21. The molecule has 20 nitrogen and oxygen atoms in total. The molecule has 0 saturated heterocycles. The van der Waals surface area contributed by atoms with E-state index in [4.69, 9.17) is 18.9 Å². The lowest BCUT2D eigenvalue weighted by molar-refractivity contribution is 0.0681. The summed E-state index contributed by atoms with van der Waals surface area (Å²) >= 11 is 0. The second-order valence-corrected chi connectivity index (χ2v) is 20.3. The molecule has 0 radical (unpaired) electrons. The Kier molecular flexibility index (Phi) is 18.5. The Hall–Kier alpha value is -11.3. The molecule has 6 aromatic carbocycles. The van der Waals surface area contributed by atoms with E-state index in [1.165, 1.54) is 106 Å². The smallest absolute Gasteiger partial charge is 0.338 e. The van der Waals surface area contributed by atoms with Gasteiger partial charge in [0.2, 0.25) is 11.8 Å². The third-order valence-electron chi connectivity index (χ3n) is 14.5. The molecule has 12 rings (SSSR count). The van der Waals surface area contributed by atoms with Crippen molar-refractivity contribution >= 4 is 34.0 Å². The number of hydrogen-bond donors (Lipinski definition) is 2. The zero-order valence-corrected chi connectivity index (χ0v) is 48.2. The highest BCUT2D eigenvalue weighted by Gasteiger charge is 2.25. The first-order chi connectivity index (χ1) is 44.5. The van der Waals surface area contributed by atoms with E-state index in [0.717, 1.165) is 36.4 Å². The molecule has 28 heteroatoms. The average Bonchev–Trinajstić information content (AvgIpc) is 1.63. The molecule has 0 aliphatic heterocycles. The molecule has 0 aliphatic carbocycles. The summed E-state index contributed by atoms with van der Waals surface area (Å²) in [6, 6.07) is 26.9. The number of methoxy groups -OCH3 is 2. The number of carbonyl (C=O) groups is 2. The predicted molar refractivity (Wildman–Crippen MR) is 313 cm³/mol. The fourth-order valence-corrected chi connectivity index (χ4v) is 9.96. The van der Waals surface area contributed by atoms with Crippen molar-refractivity contribution in [3.8, 4) is 45.6 Å². The van der Waals surface area contributed by atoms with Crippen molar-refractivity contribution in [2.24, 2.45) is 0 Å². The molecule has 0 aliphatic rings. The van der Waals surface area contributed by atoms with Gasteiger partial charge in [-0.25, -0.2) is 74.0 Å². The lowest BCUT2D eigenvalue weighted by atomic mass is 10.0. The van der Waals surface area contributed by atoms with E-state index in [-0.39, 0.29) is 143 Å². The number of rotatable bonds is 22. The molecule has 92 heavy (non-hydrogen) atoms. The number of imidazole rings is 2. The summed E-state index contributed by atoms with van der Waals surface area (Å²) < 4.78 is 149. The van der Waals surface area contributed by atoms with Crippen molar-refractivity contribution in [2.75, 3.05) is 27.4 Å². The molecule has 0 saturated carbocycles. The molecule has 0 fully saturated rings. The summed E-state index contributed by atoms with van der Waals surface area (Å²) in [6.07, 6.45) is 5.66. The van der Waals surface area contributed by atoms with Crippen LogP contribution in [0.2, 0.25) is 0 Å². The molecular weight excluding hydrogens is 1220 g/mol. The Morgan fingerprint density at radius 1 is 0.467 bits per heavy atom. The van der Waals surface area contributed by atoms with E-state index in [9.17, 15) is 28.6 Å². The molecular formula is C64H48F8N12O8. The first kappa shape index (κ1) is 62.4. The van der Waals surface area contributed by atoms with Gasteiger partial charge in [0.1, 0.15) is 70.8 Å². The van der Waals surface area contributed by atoms with Crippen molar-refractivity contribution in [3.05, 3.63) is 238 Å². The Morgan fingerprint density at radius 3 is 1.25 bits per heavy atom. The lowest BCUT2D eigenvalue weighted by Gasteiger charge is -2.12. The molecule has 0 amide bonds. The fraction of sp³-hybridized carbons (Fsp3) is 0.156. The van der Waals surface area contributed by atoms with E-state index in [1.807, 2.05) is 0 Å². The number of aromatic carboxylic acids is 2. The molecule has 0 bridgehead atoms. The van der Waals surface area contributed by atoms with Gasteiger partial charge in [0.25, 0.3) is 0 Å². The van der Waals surface area contributed by atoms with Gasteiger partial charge in [0.15, 0.2) is 11.6 Å². The summed E-state index contributed by atoms with van der Waals surface area (Å²) in [5.41, 5.74) is 0.311. The number of pyridine rings is 2. The van der Waals surface area contributed by atoms with Crippen LogP contribution in [0.15, 0.2) is 146 Å². The number of hydrogen-bond acceptors (Lipinski definition) is 14. The van der Waals surface area contributed by atoms with Crippen LogP contribution in [-0.2, 0) is 48.6 Å². The Morgan fingerprint density at radius 2 is 0.880 bits per heavy atom. The van der Waals surface area contributed by atoms with Gasteiger partial charge >= 0.3 is 11.9 Å². The second-order valence-electron chi connectivity index (χ2n) is 20.3. The van der Waals surface area contributed by atoms with Gasteiger partial charge in [-0.15, -0.1) is 10.2 Å². The number of aromatic nitrogens is 12. The van der Waals surface area contributed by atoms with Gasteiger partial charge < -0.3 is 38.3 Å². The summed E-state index contributed by atoms with van der Waals surface area (Å²) in [7, 11) is 2.88. The molecule has 6 heterocycles. The van der Waals surface area contributed by atoms with Gasteiger partial charge in [0, 0.05) is 86.7 Å². The van der Waals surface area contributed by atoms with Gasteiger partial charge in [0.05, 0.1) is 82.9 Å². The van der Waals surface area contributed by atoms with Crippen molar-refractivity contribution < 1.29 is 73.9 Å². The van der Waals surface area contributed by atoms with Gasteiger partial charge in [-0.1, -0.05) is 34.7 Å². The minimum Gasteiger partial charge on any atom is -0.478 e. The summed E-state index contributed by atoms with van der Waals surface area (Å²) in [5.74, 6) is -8.52. The quantitative estimate of drug-likeness (QED) is 0.0600. The van der Waals surface area contributed by atoms with Crippen LogP contribution in [0, 0.1) is 46.5 Å². The minimum atomic E-state index is -1.45. The molecule has 0 spiro atoms. The Labute approximate surface area is 515 Å². The highest BCUT2D eigenvalue weighted by Crippen LogP contribution is 2.32. The third kappa shape index (κ3) is 13.4. The van der Waals surface area contributed by atoms with Crippen molar-refractivity contribution in [1.82, 2.24) is 59.1 Å². The van der Waals surface area contributed by atoms with E-state index >= 15 is 26.3 Å². The monoisotopic (exact) mass is 1260 g/mol. The number of carboxylic acid groups (broad SMARTS) is 2. The Balaban J connectivity index is 0.000000188. The van der Waals surface area contributed by atoms with Crippen LogP contribution in [0.3, 0.4) is 0 Å². The maximum Gasteiger partial charge on any atom is 0.338 e. The van der Waals surface area contributed by atoms with Gasteiger partial charge in [-0.3, -0.25) is 0 Å². The summed E-state index contributed by atoms with van der Waals surface area (Å²) in [4.78, 5) is 40.3. The number of halogens is 8. The van der Waals surface area contributed by atoms with E-state index in [0.29, 0.717) is 11.4 Å². The zero-order valence-electron chi connectivity index (χ0n) is 48.2. The first-order valence-corrected chi connectivity index (χ1v) is 27.7. The number of ether oxygens (including phenoxy) is 4. The highest BCUT2D eigenvalue weighted by atomic mass is 19.2. The minimum absolute atomic E-state index is 0.0636. The van der Waals surface area contributed by atoms with Crippen molar-refractivity contribution in [3.63, 3.8) is 0 Å². The van der Waals surface area contributed by atoms with Crippen LogP contribution in [-0.4, -0.2) is 109 Å². The van der Waals surface area contributed by atoms with Crippen LogP contribution >= 0.6 is 0 Å². The summed E-state index contributed by atoms with van der Waals surface area (Å²) in [5, 5.41) is 33.7. The van der Waals surface area contributed by atoms with Crippen molar-refractivity contribution in [1.29, 1.82) is 0 Å². The molecule has 2 N–H and O–H groups in total. The molecule has 0 atom stereocenters. The second kappa shape index (κ2) is 27.2.